The van der Waals surface area contributed by atoms with Gasteiger partial charge in [0.2, 0.25) is 0 Å². The van der Waals surface area contributed by atoms with Crippen molar-refractivity contribution in [1.29, 1.82) is 0 Å². The summed E-state index contributed by atoms with van der Waals surface area (Å²) in [6, 6.07) is 0. The lowest BCUT2D eigenvalue weighted by Crippen LogP contribution is -2.30. The maximum absolute atomic E-state index is 11.9. The fourth-order valence-electron chi connectivity index (χ4n) is 0.897. The normalized spacial score (nSPS) is 11.3. The molecule has 0 radical (unpaired) electrons. The van der Waals surface area contributed by atoms with Gasteiger partial charge in [-0.15, -0.1) is 0 Å². The Morgan fingerprint density at radius 2 is 2.06 bits per heavy atom. The maximum atomic E-state index is 11.9. The number of carbonyl (C=O) groups is 1. The standard InChI is InChI=1S/C8H7F3N2O3/c1-4-5(3-12-13(2)6(4)14)16-7(15)8(9,10)11/h3H,1-2H3. The van der Waals surface area contributed by atoms with Gasteiger partial charge in [-0.1, -0.05) is 0 Å². The maximum Gasteiger partial charge on any atom is 0.491 e. The van der Waals surface area contributed by atoms with Crippen molar-refractivity contribution in [3.63, 3.8) is 0 Å². The van der Waals surface area contributed by atoms with Crippen molar-refractivity contribution >= 4 is 5.97 Å². The van der Waals surface area contributed by atoms with Crippen molar-refractivity contribution in [2.45, 2.75) is 13.1 Å². The molecule has 0 saturated carbocycles. The van der Waals surface area contributed by atoms with Crippen LogP contribution in [0.3, 0.4) is 0 Å². The van der Waals surface area contributed by atoms with Crippen LogP contribution in [0.25, 0.3) is 0 Å². The smallest absolute Gasteiger partial charge is 0.418 e. The van der Waals surface area contributed by atoms with E-state index in [0.717, 1.165) is 10.9 Å². The van der Waals surface area contributed by atoms with Crippen LogP contribution in [0.15, 0.2) is 11.0 Å². The number of carbonyl (C=O) groups excluding carboxylic acids is 1. The third-order valence-electron chi connectivity index (χ3n) is 1.77. The molecule has 0 amide bonds. The summed E-state index contributed by atoms with van der Waals surface area (Å²) in [6.45, 7) is 1.24. The molecule has 0 unspecified atom stereocenters. The number of hydrogen-bond donors (Lipinski definition) is 0. The minimum Gasteiger partial charge on any atom is -0.418 e. The largest absolute Gasteiger partial charge is 0.491 e. The molecule has 16 heavy (non-hydrogen) atoms. The fourth-order valence-corrected chi connectivity index (χ4v) is 0.897. The molecule has 1 heterocycles. The molecule has 0 aliphatic rings. The van der Waals surface area contributed by atoms with E-state index in [1.54, 1.807) is 0 Å². The van der Waals surface area contributed by atoms with E-state index in [9.17, 15) is 22.8 Å². The highest BCUT2D eigenvalue weighted by Crippen LogP contribution is 2.20. The lowest BCUT2D eigenvalue weighted by atomic mass is 10.3. The quantitative estimate of drug-likeness (QED) is 0.668. The fraction of sp³-hybridized carbons (Fsp3) is 0.375. The minimum atomic E-state index is -5.10. The molecule has 0 aromatic carbocycles. The molecule has 8 heteroatoms. The zero-order chi connectivity index (χ0) is 12.5. The molecule has 0 aliphatic carbocycles. The van der Waals surface area contributed by atoms with E-state index < -0.39 is 23.5 Å². The van der Waals surface area contributed by atoms with Crippen molar-refractivity contribution < 1.29 is 22.7 Å². The highest BCUT2D eigenvalue weighted by molar-refractivity contribution is 5.78. The second kappa shape index (κ2) is 3.95. The van der Waals surface area contributed by atoms with E-state index in [4.69, 9.17) is 0 Å². The summed E-state index contributed by atoms with van der Waals surface area (Å²) in [5.41, 5.74) is -0.748. The Kier molecular flexibility index (Phi) is 3.02. The highest BCUT2D eigenvalue weighted by Gasteiger charge is 2.41. The molecule has 0 N–H and O–H groups in total. The molecule has 0 fully saturated rings. The van der Waals surface area contributed by atoms with Gasteiger partial charge in [0.15, 0.2) is 5.75 Å². The molecular formula is C8H7F3N2O3. The number of rotatable bonds is 1. The van der Waals surface area contributed by atoms with Gasteiger partial charge in [-0.25, -0.2) is 9.48 Å². The SMILES string of the molecule is Cc1c(OC(=O)C(F)(F)F)cnn(C)c1=O. The van der Waals surface area contributed by atoms with Crippen molar-refractivity contribution in [1.82, 2.24) is 9.78 Å². The summed E-state index contributed by atoms with van der Waals surface area (Å²) in [5, 5.41) is 3.43. The van der Waals surface area contributed by atoms with Crippen LogP contribution in [0.5, 0.6) is 5.75 Å². The minimum absolute atomic E-state index is 0.116. The molecule has 1 rings (SSSR count). The lowest BCUT2D eigenvalue weighted by Gasteiger charge is -2.08. The number of ether oxygens (including phenoxy) is 1. The Hall–Kier alpha value is -1.86. The second-order valence-corrected chi connectivity index (χ2v) is 2.95. The second-order valence-electron chi connectivity index (χ2n) is 2.95. The number of halogens is 3. The summed E-state index contributed by atoms with van der Waals surface area (Å²) >= 11 is 0. The van der Waals surface area contributed by atoms with Crippen LogP contribution < -0.4 is 10.3 Å². The molecule has 0 spiro atoms. The Morgan fingerprint density at radius 3 is 2.56 bits per heavy atom. The van der Waals surface area contributed by atoms with Crippen LogP contribution in [-0.2, 0) is 11.8 Å². The van der Waals surface area contributed by atoms with Gasteiger partial charge in [-0.2, -0.15) is 18.3 Å². The van der Waals surface area contributed by atoms with Crippen LogP contribution in [-0.4, -0.2) is 21.9 Å². The molecule has 0 bridgehead atoms. The van der Waals surface area contributed by atoms with Crippen LogP contribution in [0, 0.1) is 6.92 Å². The van der Waals surface area contributed by atoms with Crippen molar-refractivity contribution in [2.24, 2.45) is 7.05 Å². The third-order valence-corrected chi connectivity index (χ3v) is 1.77. The summed E-state index contributed by atoms with van der Waals surface area (Å²) in [4.78, 5) is 21.7. The van der Waals surface area contributed by atoms with Crippen molar-refractivity contribution in [3.05, 3.63) is 22.1 Å². The molecular weight excluding hydrogens is 229 g/mol. The highest BCUT2D eigenvalue weighted by atomic mass is 19.4. The molecule has 88 valence electrons. The number of alkyl halides is 3. The van der Waals surface area contributed by atoms with Crippen LogP contribution in [0.4, 0.5) is 13.2 Å². The zero-order valence-corrected chi connectivity index (χ0v) is 8.33. The molecule has 0 saturated heterocycles. The third kappa shape index (κ3) is 2.38. The summed E-state index contributed by atoms with van der Waals surface area (Å²) in [5.74, 6) is -2.88. The predicted molar refractivity (Wildman–Crippen MR) is 45.9 cm³/mol. The van der Waals surface area contributed by atoms with Gasteiger partial charge in [0.05, 0.1) is 11.8 Å². The van der Waals surface area contributed by atoms with Crippen molar-refractivity contribution in [3.8, 4) is 5.75 Å². The van der Waals surface area contributed by atoms with Gasteiger partial charge >= 0.3 is 12.1 Å². The number of nitrogens with zero attached hydrogens (tertiary/aromatic N) is 2. The van der Waals surface area contributed by atoms with Crippen LogP contribution in [0.1, 0.15) is 5.56 Å². The first-order chi connectivity index (χ1) is 7.23. The van der Waals surface area contributed by atoms with Gasteiger partial charge in [-0.3, -0.25) is 4.79 Å². The predicted octanol–water partition coefficient (Wildman–Crippen LogP) is 0.556. The molecule has 0 atom stereocenters. The number of aryl methyl sites for hydroxylation is 1. The van der Waals surface area contributed by atoms with Crippen LogP contribution in [0.2, 0.25) is 0 Å². The van der Waals surface area contributed by atoms with Crippen molar-refractivity contribution in [2.75, 3.05) is 0 Å². The molecule has 0 aliphatic heterocycles. The summed E-state index contributed by atoms with van der Waals surface area (Å²) in [6.07, 6.45) is -4.23. The van der Waals surface area contributed by atoms with Crippen LogP contribution >= 0.6 is 0 Å². The number of hydrogen-bond acceptors (Lipinski definition) is 4. The van der Waals surface area contributed by atoms with E-state index >= 15 is 0 Å². The zero-order valence-electron chi connectivity index (χ0n) is 8.33. The van der Waals surface area contributed by atoms with Gasteiger partial charge in [0, 0.05) is 7.05 Å². The number of aromatic nitrogens is 2. The Morgan fingerprint density at radius 1 is 1.50 bits per heavy atom. The van der Waals surface area contributed by atoms with Gasteiger partial charge < -0.3 is 4.74 Å². The molecule has 5 nitrogen and oxygen atoms in total. The number of esters is 1. The van der Waals surface area contributed by atoms with E-state index in [1.807, 2.05) is 0 Å². The summed E-state index contributed by atoms with van der Waals surface area (Å²) < 4.78 is 40.5. The van der Waals surface area contributed by atoms with E-state index in [-0.39, 0.29) is 5.56 Å². The van der Waals surface area contributed by atoms with E-state index in [0.29, 0.717) is 0 Å². The summed E-state index contributed by atoms with van der Waals surface area (Å²) in [7, 11) is 1.32. The Labute approximate surface area is 87.4 Å². The first-order valence-electron chi connectivity index (χ1n) is 4.05. The Bertz CT molecular complexity index is 478. The van der Waals surface area contributed by atoms with E-state index in [1.165, 1.54) is 14.0 Å². The first-order valence-corrected chi connectivity index (χ1v) is 4.05. The van der Waals surface area contributed by atoms with Gasteiger partial charge in [-0.05, 0) is 6.92 Å². The van der Waals surface area contributed by atoms with Gasteiger partial charge in [0.25, 0.3) is 5.56 Å². The van der Waals surface area contributed by atoms with E-state index in [2.05, 4.69) is 9.84 Å². The first kappa shape index (κ1) is 12.2. The lowest BCUT2D eigenvalue weighted by molar-refractivity contribution is -0.189. The topological polar surface area (TPSA) is 61.2 Å². The monoisotopic (exact) mass is 236 g/mol. The average molecular weight is 236 g/mol. The average Bonchev–Trinajstić information content (AvgIpc) is 2.17. The molecule has 1 aromatic rings. The Balaban J connectivity index is 3.05. The van der Waals surface area contributed by atoms with Gasteiger partial charge in [0.1, 0.15) is 0 Å². The molecule has 1 aromatic heterocycles.